The van der Waals surface area contributed by atoms with Crippen LogP contribution in [-0.2, 0) is 17.6 Å². The van der Waals surface area contributed by atoms with E-state index in [1.54, 1.807) is 0 Å². The predicted molar refractivity (Wildman–Crippen MR) is 99.2 cm³/mol. The number of furan rings is 1. The molecule has 0 radical (unpaired) electrons. The van der Waals surface area contributed by atoms with E-state index in [0.29, 0.717) is 0 Å². The Kier molecular flexibility index (Phi) is 12.0. The lowest BCUT2D eigenvalue weighted by atomic mass is 10.1. The summed E-state index contributed by atoms with van der Waals surface area (Å²) in [6.07, 6.45) is 15.3. The summed E-state index contributed by atoms with van der Waals surface area (Å²) in [4.78, 5) is 0. The molecule has 0 aliphatic heterocycles. The summed E-state index contributed by atoms with van der Waals surface area (Å²) in [6.45, 7) is 8.30. The summed E-state index contributed by atoms with van der Waals surface area (Å²) < 4.78 is 11.4. The molecule has 1 heterocycles. The molecule has 0 fully saturated rings. The van der Waals surface area contributed by atoms with E-state index < -0.39 is 0 Å². The monoisotopic (exact) mass is 322 g/mol. The van der Waals surface area contributed by atoms with Gasteiger partial charge in [0.2, 0.25) is 0 Å². The van der Waals surface area contributed by atoms with Gasteiger partial charge in [-0.05, 0) is 44.7 Å². The van der Waals surface area contributed by atoms with Gasteiger partial charge in [-0.1, -0.05) is 51.9 Å². The molecule has 134 valence electrons. The molecule has 0 bridgehead atoms. The highest BCUT2D eigenvalue weighted by Gasteiger charge is 2.07. The van der Waals surface area contributed by atoms with Gasteiger partial charge in [-0.25, -0.2) is 0 Å². The second kappa shape index (κ2) is 13.7. The number of hydrogen-bond donors (Lipinski definition) is 0. The summed E-state index contributed by atoms with van der Waals surface area (Å²) >= 11 is 0. The van der Waals surface area contributed by atoms with Gasteiger partial charge in [0.15, 0.2) is 0 Å². The van der Waals surface area contributed by atoms with Gasteiger partial charge in [-0.2, -0.15) is 0 Å². The number of hydrogen-bond acceptors (Lipinski definition) is 2. The highest BCUT2D eigenvalue weighted by molar-refractivity contribution is 5.20. The molecule has 2 heteroatoms. The van der Waals surface area contributed by atoms with Gasteiger partial charge in [-0.15, -0.1) is 0 Å². The summed E-state index contributed by atoms with van der Waals surface area (Å²) in [5.74, 6) is 2.42. The zero-order valence-electron chi connectivity index (χ0n) is 15.8. The van der Waals surface area contributed by atoms with E-state index in [2.05, 4.69) is 26.8 Å². The lowest BCUT2D eigenvalue weighted by molar-refractivity contribution is 0.143. The summed E-state index contributed by atoms with van der Waals surface area (Å²) in [6, 6.07) is 2.25. The van der Waals surface area contributed by atoms with Gasteiger partial charge in [0.05, 0.1) is 0 Å². The molecule has 0 N–H and O–H groups in total. The maximum absolute atomic E-state index is 6.03. The van der Waals surface area contributed by atoms with Crippen molar-refractivity contribution in [3.05, 3.63) is 23.2 Å². The van der Waals surface area contributed by atoms with Crippen LogP contribution in [0.1, 0.15) is 95.1 Å². The Balaban J connectivity index is 2.02. The highest BCUT2D eigenvalue weighted by Crippen LogP contribution is 2.19. The van der Waals surface area contributed by atoms with Crippen molar-refractivity contribution in [1.82, 2.24) is 0 Å². The van der Waals surface area contributed by atoms with Crippen molar-refractivity contribution in [1.29, 1.82) is 0 Å². The molecule has 0 saturated heterocycles. The topological polar surface area (TPSA) is 22.4 Å². The van der Waals surface area contributed by atoms with E-state index in [9.17, 15) is 0 Å². The molecule has 0 unspecified atom stereocenters. The van der Waals surface area contributed by atoms with Crippen LogP contribution in [-0.4, -0.2) is 13.2 Å². The largest absolute Gasteiger partial charge is 0.466 e. The fraction of sp³-hybridized carbons (Fsp3) is 0.810. The van der Waals surface area contributed by atoms with E-state index in [4.69, 9.17) is 9.15 Å². The summed E-state index contributed by atoms with van der Waals surface area (Å²) in [5, 5.41) is 0. The van der Waals surface area contributed by atoms with Crippen molar-refractivity contribution in [2.45, 2.75) is 97.8 Å². The molecule has 1 aromatic heterocycles. The van der Waals surface area contributed by atoms with Crippen molar-refractivity contribution in [3.63, 3.8) is 0 Å². The van der Waals surface area contributed by atoms with Crippen LogP contribution >= 0.6 is 0 Å². The third kappa shape index (κ3) is 9.86. The first-order valence-corrected chi connectivity index (χ1v) is 9.93. The molecule has 0 saturated carbocycles. The molecule has 0 aromatic carbocycles. The van der Waals surface area contributed by atoms with E-state index in [-0.39, 0.29) is 0 Å². The molecular weight excluding hydrogens is 284 g/mol. The quantitative estimate of drug-likeness (QED) is 0.338. The fourth-order valence-corrected chi connectivity index (χ4v) is 3.03. The molecule has 0 aliphatic rings. The first kappa shape index (κ1) is 20.3. The van der Waals surface area contributed by atoms with Gasteiger partial charge < -0.3 is 9.15 Å². The summed E-state index contributed by atoms with van der Waals surface area (Å²) in [5.41, 5.74) is 1.35. The van der Waals surface area contributed by atoms with Crippen molar-refractivity contribution in [2.24, 2.45) is 0 Å². The molecule has 0 atom stereocenters. The van der Waals surface area contributed by atoms with Crippen LogP contribution in [0.4, 0.5) is 0 Å². The lowest BCUT2D eigenvalue weighted by Crippen LogP contribution is -1.93. The zero-order chi connectivity index (χ0) is 16.8. The Morgan fingerprint density at radius 3 is 2.17 bits per heavy atom. The predicted octanol–water partition coefficient (Wildman–Crippen LogP) is 6.63. The Hall–Kier alpha value is -0.760. The zero-order valence-corrected chi connectivity index (χ0v) is 15.8. The minimum atomic E-state index is 0.854. The molecule has 23 heavy (non-hydrogen) atoms. The lowest BCUT2D eigenvalue weighted by Gasteiger charge is -2.03. The highest BCUT2D eigenvalue weighted by atomic mass is 16.5. The van der Waals surface area contributed by atoms with E-state index in [0.717, 1.165) is 26.1 Å². The van der Waals surface area contributed by atoms with Crippen LogP contribution in [0.25, 0.3) is 0 Å². The minimum Gasteiger partial charge on any atom is -0.466 e. The second-order valence-corrected chi connectivity index (χ2v) is 6.70. The smallest absolute Gasteiger partial charge is 0.107 e. The average Bonchev–Trinajstić information content (AvgIpc) is 2.89. The van der Waals surface area contributed by atoms with Crippen molar-refractivity contribution < 1.29 is 9.15 Å². The average molecular weight is 323 g/mol. The molecule has 0 amide bonds. The van der Waals surface area contributed by atoms with Crippen LogP contribution in [0, 0.1) is 6.92 Å². The Morgan fingerprint density at radius 2 is 1.48 bits per heavy atom. The molecule has 1 rings (SSSR count). The molecule has 0 spiro atoms. The van der Waals surface area contributed by atoms with Gasteiger partial charge in [0.1, 0.15) is 11.5 Å². The molecule has 1 aromatic rings. The summed E-state index contributed by atoms with van der Waals surface area (Å²) in [7, 11) is 0. The Morgan fingerprint density at radius 1 is 0.826 bits per heavy atom. The Labute approximate surface area is 144 Å². The van der Waals surface area contributed by atoms with Crippen molar-refractivity contribution in [2.75, 3.05) is 13.2 Å². The van der Waals surface area contributed by atoms with E-state index >= 15 is 0 Å². The Bertz CT molecular complexity index is 381. The van der Waals surface area contributed by atoms with Gasteiger partial charge in [0, 0.05) is 26.1 Å². The van der Waals surface area contributed by atoms with Crippen LogP contribution in [0.5, 0.6) is 0 Å². The number of ether oxygens (including phenoxy) is 1. The first-order valence-electron chi connectivity index (χ1n) is 9.93. The van der Waals surface area contributed by atoms with Gasteiger partial charge >= 0.3 is 0 Å². The standard InChI is InChI=1S/C21H38O2/c1-4-6-12-15-20-18-19(3)21(23-20)16-13-10-8-7-9-11-14-17-22-5-2/h18H,4-17H2,1-3H3. The normalized spacial score (nSPS) is 11.3. The fourth-order valence-electron chi connectivity index (χ4n) is 3.03. The number of rotatable bonds is 15. The number of unbranched alkanes of at least 4 members (excludes halogenated alkanes) is 8. The maximum atomic E-state index is 6.03. The van der Waals surface area contributed by atoms with Crippen LogP contribution in [0.15, 0.2) is 10.5 Å². The van der Waals surface area contributed by atoms with E-state index in [1.165, 1.54) is 81.3 Å². The third-order valence-electron chi connectivity index (χ3n) is 4.49. The van der Waals surface area contributed by atoms with Crippen molar-refractivity contribution >= 4 is 0 Å². The molecular formula is C21H38O2. The number of aryl methyl sites for hydroxylation is 3. The van der Waals surface area contributed by atoms with Gasteiger partial charge in [-0.3, -0.25) is 0 Å². The van der Waals surface area contributed by atoms with Crippen LogP contribution in [0.2, 0.25) is 0 Å². The molecule has 0 aliphatic carbocycles. The third-order valence-corrected chi connectivity index (χ3v) is 4.49. The first-order chi connectivity index (χ1) is 11.3. The SMILES string of the molecule is CCCCCc1cc(C)c(CCCCCCCCCOCC)o1. The van der Waals surface area contributed by atoms with Crippen LogP contribution in [0.3, 0.4) is 0 Å². The second-order valence-electron chi connectivity index (χ2n) is 6.70. The minimum absolute atomic E-state index is 0.854. The van der Waals surface area contributed by atoms with Crippen molar-refractivity contribution in [3.8, 4) is 0 Å². The molecule has 2 nitrogen and oxygen atoms in total. The van der Waals surface area contributed by atoms with Gasteiger partial charge in [0.25, 0.3) is 0 Å². The maximum Gasteiger partial charge on any atom is 0.107 e. The van der Waals surface area contributed by atoms with E-state index in [1.807, 2.05) is 0 Å². The van der Waals surface area contributed by atoms with Crippen LogP contribution < -0.4 is 0 Å².